The van der Waals surface area contributed by atoms with E-state index in [0.717, 1.165) is 38.4 Å². The van der Waals surface area contributed by atoms with Gasteiger partial charge in [0, 0.05) is 12.6 Å². The maximum Gasteiger partial charge on any atom is 0.356 e. The Morgan fingerprint density at radius 3 is 2.42 bits per heavy atom. The van der Waals surface area contributed by atoms with E-state index >= 15 is 0 Å². The number of unbranched alkanes of at least 4 members (excludes halogenated alkanes) is 1. The summed E-state index contributed by atoms with van der Waals surface area (Å²) in [5.41, 5.74) is 0.0658. The minimum atomic E-state index is -1.14. The first-order valence-corrected chi connectivity index (χ1v) is 6.49. The van der Waals surface area contributed by atoms with Crippen molar-refractivity contribution < 1.29 is 14.7 Å². The van der Waals surface area contributed by atoms with Gasteiger partial charge in [-0.2, -0.15) is 0 Å². The molecular weight excluding hydrogens is 246 g/mol. The molecule has 2 rings (SSSR count). The Labute approximate surface area is 111 Å². The van der Waals surface area contributed by atoms with E-state index in [1.807, 2.05) is 4.90 Å². The number of hydrogen-bond acceptors (Lipinski definition) is 4. The maximum atomic E-state index is 12.3. The molecule has 1 aliphatic carbocycles. The van der Waals surface area contributed by atoms with Crippen molar-refractivity contribution >= 4 is 11.9 Å². The molecule has 1 amide bonds. The third-order valence-corrected chi connectivity index (χ3v) is 3.09. The minimum absolute atomic E-state index is 0.150. The van der Waals surface area contributed by atoms with Crippen molar-refractivity contribution in [1.29, 1.82) is 0 Å². The Hall–Kier alpha value is -1.98. The van der Waals surface area contributed by atoms with Crippen LogP contribution in [0.2, 0.25) is 0 Å². The highest BCUT2D eigenvalue weighted by Gasteiger charge is 2.33. The van der Waals surface area contributed by atoms with Crippen LogP contribution < -0.4 is 0 Å². The summed E-state index contributed by atoms with van der Waals surface area (Å²) in [5.74, 6) is -1.29. The van der Waals surface area contributed by atoms with E-state index in [1.165, 1.54) is 6.20 Å². The van der Waals surface area contributed by atoms with Crippen LogP contribution in [0.25, 0.3) is 0 Å². The predicted octanol–water partition coefficient (Wildman–Crippen LogP) is 1.58. The van der Waals surface area contributed by atoms with Crippen molar-refractivity contribution in [2.45, 2.75) is 38.6 Å². The van der Waals surface area contributed by atoms with Crippen LogP contribution in [0.5, 0.6) is 0 Å². The van der Waals surface area contributed by atoms with Gasteiger partial charge in [-0.15, -0.1) is 0 Å². The summed E-state index contributed by atoms with van der Waals surface area (Å²) < 4.78 is 0. The third-order valence-electron chi connectivity index (χ3n) is 3.09. The van der Waals surface area contributed by atoms with Gasteiger partial charge in [0.25, 0.3) is 5.91 Å². The largest absolute Gasteiger partial charge is 0.476 e. The normalized spacial score (nSPS) is 14.2. The summed E-state index contributed by atoms with van der Waals surface area (Å²) in [4.78, 5) is 32.4. The molecular formula is C13H17N3O3. The molecule has 0 aromatic carbocycles. The van der Waals surface area contributed by atoms with Gasteiger partial charge in [-0.05, 0) is 19.3 Å². The number of aromatic carboxylic acids is 1. The molecule has 19 heavy (non-hydrogen) atoms. The first kappa shape index (κ1) is 13.5. The van der Waals surface area contributed by atoms with Gasteiger partial charge < -0.3 is 10.0 Å². The maximum absolute atomic E-state index is 12.3. The van der Waals surface area contributed by atoms with Gasteiger partial charge in [-0.25, -0.2) is 14.8 Å². The molecule has 6 heteroatoms. The summed E-state index contributed by atoms with van der Waals surface area (Å²) in [6.45, 7) is 2.80. The van der Waals surface area contributed by atoms with E-state index in [0.29, 0.717) is 6.04 Å². The molecule has 0 radical (unpaired) electrons. The lowest BCUT2D eigenvalue weighted by Gasteiger charge is -2.21. The molecule has 0 saturated heterocycles. The number of amides is 1. The van der Waals surface area contributed by atoms with Gasteiger partial charge in [0.15, 0.2) is 5.69 Å². The fraction of sp³-hybridized carbons (Fsp3) is 0.538. The second-order valence-electron chi connectivity index (χ2n) is 4.68. The lowest BCUT2D eigenvalue weighted by molar-refractivity contribution is 0.0684. The molecule has 0 unspecified atom stereocenters. The van der Waals surface area contributed by atoms with E-state index in [9.17, 15) is 9.59 Å². The van der Waals surface area contributed by atoms with Crippen molar-refractivity contribution in [2.75, 3.05) is 6.54 Å². The molecule has 1 fully saturated rings. The van der Waals surface area contributed by atoms with E-state index in [4.69, 9.17) is 5.11 Å². The number of rotatable bonds is 6. The van der Waals surface area contributed by atoms with Gasteiger partial charge in [0.1, 0.15) is 5.69 Å². The number of aromatic nitrogens is 2. The summed E-state index contributed by atoms with van der Waals surface area (Å²) in [6.07, 6.45) is 6.43. The first-order chi connectivity index (χ1) is 9.13. The van der Waals surface area contributed by atoms with Gasteiger partial charge in [0.05, 0.1) is 12.4 Å². The molecule has 102 valence electrons. The molecule has 6 nitrogen and oxygen atoms in total. The van der Waals surface area contributed by atoms with Crippen molar-refractivity contribution in [3.8, 4) is 0 Å². The fourth-order valence-electron chi connectivity index (χ4n) is 1.86. The fourth-order valence-corrected chi connectivity index (χ4v) is 1.86. The van der Waals surface area contributed by atoms with E-state index < -0.39 is 5.97 Å². The van der Waals surface area contributed by atoms with Crippen molar-refractivity contribution in [3.63, 3.8) is 0 Å². The highest BCUT2D eigenvalue weighted by atomic mass is 16.4. The van der Waals surface area contributed by atoms with Crippen LogP contribution in [0.3, 0.4) is 0 Å². The number of nitrogens with zero attached hydrogens (tertiary/aromatic N) is 3. The monoisotopic (exact) mass is 263 g/mol. The zero-order valence-corrected chi connectivity index (χ0v) is 10.9. The summed E-state index contributed by atoms with van der Waals surface area (Å²) >= 11 is 0. The van der Waals surface area contributed by atoms with Crippen LogP contribution in [0, 0.1) is 0 Å². The summed E-state index contributed by atoms with van der Waals surface area (Å²) in [6, 6.07) is 0.319. The number of hydrogen-bond donors (Lipinski definition) is 1. The molecule has 1 aromatic rings. The van der Waals surface area contributed by atoms with E-state index in [-0.39, 0.29) is 17.3 Å². The molecule has 1 saturated carbocycles. The quantitative estimate of drug-likeness (QED) is 0.842. The predicted molar refractivity (Wildman–Crippen MR) is 68.0 cm³/mol. The van der Waals surface area contributed by atoms with Crippen LogP contribution in [-0.2, 0) is 0 Å². The molecule has 1 N–H and O–H groups in total. The molecule has 1 heterocycles. The molecule has 0 aliphatic heterocycles. The topological polar surface area (TPSA) is 83.4 Å². The number of carboxylic acids is 1. The minimum Gasteiger partial charge on any atom is -0.476 e. The van der Waals surface area contributed by atoms with Crippen LogP contribution in [-0.4, -0.2) is 44.4 Å². The Bertz CT molecular complexity index is 469. The second-order valence-corrected chi connectivity index (χ2v) is 4.68. The molecule has 0 bridgehead atoms. The molecule has 0 atom stereocenters. The van der Waals surface area contributed by atoms with Crippen molar-refractivity contribution in [1.82, 2.24) is 14.9 Å². The molecule has 1 aliphatic rings. The Morgan fingerprint density at radius 2 is 1.95 bits per heavy atom. The molecule has 1 aromatic heterocycles. The Kier molecular flexibility index (Phi) is 4.09. The Morgan fingerprint density at radius 1 is 1.32 bits per heavy atom. The summed E-state index contributed by atoms with van der Waals surface area (Å²) in [5, 5.41) is 8.74. The SMILES string of the molecule is CCCCN(C(=O)c1cnc(C(=O)O)cn1)C1CC1. The van der Waals surface area contributed by atoms with E-state index in [2.05, 4.69) is 16.9 Å². The highest BCUT2D eigenvalue weighted by Crippen LogP contribution is 2.28. The van der Waals surface area contributed by atoms with Crippen molar-refractivity contribution in [2.24, 2.45) is 0 Å². The number of carbonyl (C=O) groups is 2. The van der Waals surface area contributed by atoms with Gasteiger partial charge >= 0.3 is 5.97 Å². The summed E-state index contributed by atoms with van der Waals surface area (Å²) in [7, 11) is 0. The second kappa shape index (κ2) is 5.77. The van der Waals surface area contributed by atoms with Crippen molar-refractivity contribution in [3.05, 3.63) is 23.8 Å². The number of carboxylic acid groups (broad SMARTS) is 1. The highest BCUT2D eigenvalue weighted by molar-refractivity contribution is 5.93. The zero-order chi connectivity index (χ0) is 13.8. The Balaban J connectivity index is 2.09. The van der Waals surface area contributed by atoms with Crippen LogP contribution in [0.4, 0.5) is 0 Å². The smallest absolute Gasteiger partial charge is 0.356 e. The van der Waals surface area contributed by atoms with Crippen LogP contribution >= 0.6 is 0 Å². The first-order valence-electron chi connectivity index (χ1n) is 6.49. The standard InChI is InChI=1S/C13H17N3O3/c1-2-3-6-16(9-4-5-9)12(17)10-7-15-11(8-14-10)13(18)19/h7-9H,2-6H2,1H3,(H,18,19). The van der Waals surface area contributed by atoms with Gasteiger partial charge in [-0.3, -0.25) is 4.79 Å². The van der Waals surface area contributed by atoms with Crippen LogP contribution in [0.15, 0.2) is 12.4 Å². The van der Waals surface area contributed by atoms with E-state index in [1.54, 1.807) is 0 Å². The molecule has 0 spiro atoms. The number of carbonyl (C=O) groups excluding carboxylic acids is 1. The van der Waals surface area contributed by atoms with Gasteiger partial charge in [-0.1, -0.05) is 13.3 Å². The lowest BCUT2D eigenvalue weighted by atomic mass is 10.2. The average Bonchev–Trinajstić information content (AvgIpc) is 3.23. The zero-order valence-electron chi connectivity index (χ0n) is 10.9. The van der Waals surface area contributed by atoms with Gasteiger partial charge in [0.2, 0.25) is 0 Å². The lowest BCUT2D eigenvalue weighted by Crippen LogP contribution is -2.34. The average molecular weight is 263 g/mol. The van der Waals surface area contributed by atoms with Crippen LogP contribution in [0.1, 0.15) is 53.6 Å². The third kappa shape index (κ3) is 3.27.